The number of carboxylic acid groups (broad SMARTS) is 1. The average Bonchev–Trinajstić information content (AvgIpc) is 2.12. The van der Waals surface area contributed by atoms with E-state index in [1.54, 1.807) is 0 Å². The lowest BCUT2D eigenvalue weighted by molar-refractivity contribution is -0.163. The lowest BCUT2D eigenvalue weighted by Crippen LogP contribution is -2.54. The molecule has 0 aliphatic heterocycles. The molecule has 3 heteroatoms. The van der Waals surface area contributed by atoms with E-state index >= 15 is 0 Å². The first kappa shape index (κ1) is 9.20. The SMILES string of the molecule is O=C(O)C12CC3CC(C1)C(Br)C(C3)C2. The smallest absolute Gasteiger partial charge is 0.309 e. The maximum absolute atomic E-state index is 11.3. The number of hydrogen-bond donors (Lipinski definition) is 1. The highest BCUT2D eigenvalue weighted by molar-refractivity contribution is 9.09. The van der Waals surface area contributed by atoms with E-state index in [9.17, 15) is 9.90 Å². The van der Waals surface area contributed by atoms with Crippen molar-refractivity contribution in [2.75, 3.05) is 0 Å². The number of alkyl halides is 1. The molecule has 4 fully saturated rings. The summed E-state index contributed by atoms with van der Waals surface area (Å²) in [4.78, 5) is 11.9. The Bertz CT molecular complexity index is 273. The molecule has 78 valence electrons. The third-order valence-electron chi connectivity index (χ3n) is 4.61. The van der Waals surface area contributed by atoms with Crippen LogP contribution in [0.2, 0.25) is 0 Å². The molecule has 4 saturated carbocycles. The molecule has 4 aliphatic carbocycles. The minimum Gasteiger partial charge on any atom is -0.481 e. The molecule has 1 N–H and O–H groups in total. The Labute approximate surface area is 92.2 Å². The van der Waals surface area contributed by atoms with Crippen molar-refractivity contribution in [3.8, 4) is 0 Å². The van der Waals surface area contributed by atoms with Crippen LogP contribution in [0.25, 0.3) is 0 Å². The van der Waals surface area contributed by atoms with Gasteiger partial charge in [-0.15, -0.1) is 0 Å². The third kappa shape index (κ3) is 1.05. The summed E-state index contributed by atoms with van der Waals surface area (Å²) in [5, 5.41) is 9.35. The molecule has 4 rings (SSSR count). The quantitative estimate of drug-likeness (QED) is 0.735. The van der Waals surface area contributed by atoms with Crippen molar-refractivity contribution in [2.45, 2.75) is 36.9 Å². The van der Waals surface area contributed by atoms with E-state index < -0.39 is 5.97 Å². The van der Waals surface area contributed by atoms with Gasteiger partial charge in [0.1, 0.15) is 0 Å². The monoisotopic (exact) mass is 258 g/mol. The van der Waals surface area contributed by atoms with Gasteiger partial charge in [0.05, 0.1) is 5.41 Å². The molecular formula is C11H15BrO2. The molecule has 2 atom stereocenters. The van der Waals surface area contributed by atoms with E-state index in [0.717, 1.165) is 19.3 Å². The number of rotatable bonds is 1. The van der Waals surface area contributed by atoms with Gasteiger partial charge in [0.15, 0.2) is 0 Å². The Balaban J connectivity index is 1.96. The van der Waals surface area contributed by atoms with Crippen LogP contribution < -0.4 is 0 Å². The molecule has 0 spiro atoms. The Kier molecular flexibility index (Phi) is 1.80. The molecule has 0 heterocycles. The third-order valence-corrected chi connectivity index (χ3v) is 6.11. The van der Waals surface area contributed by atoms with Crippen LogP contribution in [0.1, 0.15) is 32.1 Å². The molecule has 0 aromatic carbocycles. The predicted octanol–water partition coefficient (Wildman–Crippen LogP) is 2.66. The summed E-state index contributed by atoms with van der Waals surface area (Å²) in [6, 6.07) is 0. The number of carboxylic acids is 1. The maximum Gasteiger partial charge on any atom is 0.309 e. The lowest BCUT2D eigenvalue weighted by Gasteiger charge is -2.57. The van der Waals surface area contributed by atoms with Crippen molar-refractivity contribution in [1.29, 1.82) is 0 Å². The van der Waals surface area contributed by atoms with Gasteiger partial charge in [-0.3, -0.25) is 4.79 Å². The predicted molar refractivity (Wildman–Crippen MR) is 56.3 cm³/mol. The summed E-state index contributed by atoms with van der Waals surface area (Å²) in [5.41, 5.74) is -0.333. The summed E-state index contributed by atoms with van der Waals surface area (Å²) in [6.45, 7) is 0. The van der Waals surface area contributed by atoms with Crippen LogP contribution in [0, 0.1) is 23.2 Å². The second kappa shape index (κ2) is 2.75. The zero-order valence-electron chi connectivity index (χ0n) is 8.08. The number of carbonyl (C=O) groups is 1. The fourth-order valence-corrected chi connectivity index (χ4v) is 5.03. The van der Waals surface area contributed by atoms with Crippen molar-refractivity contribution >= 4 is 21.9 Å². The number of aliphatic carboxylic acids is 1. The van der Waals surface area contributed by atoms with Crippen molar-refractivity contribution < 1.29 is 9.90 Å². The zero-order valence-corrected chi connectivity index (χ0v) is 9.66. The minimum absolute atomic E-state index is 0.333. The van der Waals surface area contributed by atoms with Crippen molar-refractivity contribution in [3.63, 3.8) is 0 Å². The Morgan fingerprint density at radius 3 is 2.29 bits per heavy atom. The van der Waals surface area contributed by atoms with Crippen molar-refractivity contribution in [3.05, 3.63) is 0 Å². The van der Waals surface area contributed by atoms with E-state index in [-0.39, 0.29) is 5.41 Å². The van der Waals surface area contributed by atoms with Gasteiger partial charge in [-0.2, -0.15) is 0 Å². The summed E-state index contributed by atoms with van der Waals surface area (Å²) < 4.78 is 0. The molecule has 2 unspecified atom stereocenters. The van der Waals surface area contributed by atoms with E-state index in [0.29, 0.717) is 22.6 Å². The molecule has 2 nitrogen and oxygen atoms in total. The van der Waals surface area contributed by atoms with Gasteiger partial charge < -0.3 is 5.11 Å². The van der Waals surface area contributed by atoms with Gasteiger partial charge in [-0.1, -0.05) is 15.9 Å². The van der Waals surface area contributed by atoms with Crippen LogP contribution in [0.15, 0.2) is 0 Å². The summed E-state index contributed by atoms with van der Waals surface area (Å²) in [6.07, 6.45) is 5.33. The molecule has 14 heavy (non-hydrogen) atoms. The number of hydrogen-bond acceptors (Lipinski definition) is 1. The zero-order chi connectivity index (χ0) is 9.92. The molecule has 4 aliphatic rings. The van der Waals surface area contributed by atoms with Crippen LogP contribution in [-0.4, -0.2) is 15.9 Å². The minimum atomic E-state index is -0.531. The van der Waals surface area contributed by atoms with Gasteiger partial charge in [0.25, 0.3) is 0 Å². The normalized spacial score (nSPS) is 54.9. The largest absolute Gasteiger partial charge is 0.481 e. The highest BCUT2D eigenvalue weighted by Crippen LogP contribution is 2.61. The fourth-order valence-electron chi connectivity index (χ4n) is 4.22. The molecule has 0 saturated heterocycles. The van der Waals surface area contributed by atoms with E-state index in [2.05, 4.69) is 15.9 Å². The molecule has 4 bridgehead atoms. The first-order chi connectivity index (χ1) is 6.61. The van der Waals surface area contributed by atoms with Gasteiger partial charge in [-0.05, 0) is 49.9 Å². The van der Waals surface area contributed by atoms with Crippen LogP contribution in [0.5, 0.6) is 0 Å². The molecule has 0 radical (unpaired) electrons. The molecule has 0 amide bonds. The Morgan fingerprint density at radius 1 is 1.21 bits per heavy atom. The summed E-state index contributed by atoms with van der Waals surface area (Å²) in [5.74, 6) is 1.45. The number of halogens is 1. The first-order valence-electron chi connectivity index (χ1n) is 5.48. The Hall–Kier alpha value is -0.0500. The topological polar surface area (TPSA) is 37.3 Å². The lowest BCUT2D eigenvalue weighted by atomic mass is 9.49. The summed E-state index contributed by atoms with van der Waals surface area (Å²) >= 11 is 3.76. The van der Waals surface area contributed by atoms with Crippen molar-refractivity contribution in [1.82, 2.24) is 0 Å². The molecular weight excluding hydrogens is 244 g/mol. The van der Waals surface area contributed by atoms with Crippen LogP contribution >= 0.6 is 15.9 Å². The molecule has 0 aromatic rings. The maximum atomic E-state index is 11.3. The first-order valence-corrected chi connectivity index (χ1v) is 6.40. The van der Waals surface area contributed by atoms with Crippen molar-refractivity contribution in [2.24, 2.45) is 23.2 Å². The highest BCUT2D eigenvalue weighted by atomic mass is 79.9. The second-order valence-electron chi connectivity index (χ2n) is 5.50. The van der Waals surface area contributed by atoms with Crippen LogP contribution in [-0.2, 0) is 4.79 Å². The van der Waals surface area contributed by atoms with E-state index in [4.69, 9.17) is 0 Å². The van der Waals surface area contributed by atoms with Crippen LogP contribution in [0.3, 0.4) is 0 Å². The van der Waals surface area contributed by atoms with Gasteiger partial charge in [0, 0.05) is 4.83 Å². The van der Waals surface area contributed by atoms with Crippen LogP contribution in [0.4, 0.5) is 0 Å². The molecule has 0 aromatic heterocycles. The van der Waals surface area contributed by atoms with Gasteiger partial charge >= 0.3 is 5.97 Å². The van der Waals surface area contributed by atoms with E-state index in [1.807, 2.05) is 0 Å². The van der Waals surface area contributed by atoms with Gasteiger partial charge in [0.2, 0.25) is 0 Å². The fraction of sp³-hybridized carbons (Fsp3) is 0.909. The second-order valence-corrected chi connectivity index (χ2v) is 6.56. The Morgan fingerprint density at radius 2 is 1.79 bits per heavy atom. The summed E-state index contributed by atoms with van der Waals surface area (Å²) in [7, 11) is 0. The van der Waals surface area contributed by atoms with Gasteiger partial charge in [-0.25, -0.2) is 0 Å². The standard InChI is InChI=1S/C11H15BrO2/c12-9-7-1-6-2-8(9)5-11(3-6,4-7)10(13)14/h6-9H,1-5H2,(H,13,14). The average molecular weight is 259 g/mol. The van der Waals surface area contributed by atoms with E-state index in [1.165, 1.54) is 12.8 Å². The highest BCUT2D eigenvalue weighted by Gasteiger charge is 2.57.